The molecule has 0 saturated carbocycles. The maximum absolute atomic E-state index is 10.8. The maximum Gasteiger partial charge on any atom is 0.320 e. The monoisotopic (exact) mass is 253 g/mol. The average Bonchev–Trinajstić information content (AvgIpc) is 2.32. The molecule has 100 valence electrons. The summed E-state index contributed by atoms with van der Waals surface area (Å²) in [6, 6.07) is 4.47. The van der Waals surface area contributed by atoms with Crippen molar-refractivity contribution in [1.82, 2.24) is 4.90 Å². The van der Waals surface area contributed by atoms with Crippen LogP contribution in [0.5, 0.6) is 11.5 Å². The van der Waals surface area contributed by atoms with E-state index in [1.165, 1.54) is 0 Å². The standard InChI is InChI=1S/C13H19NO4/c1-4-18-12-7-10(5-6-11(12)15)8-14(3)9(2)13(16)17/h5-7,9,15H,4,8H2,1-3H3,(H,16,17). The Morgan fingerprint density at radius 1 is 1.50 bits per heavy atom. The highest BCUT2D eigenvalue weighted by atomic mass is 16.5. The van der Waals surface area contributed by atoms with Crippen LogP contribution in [-0.4, -0.2) is 40.8 Å². The number of ether oxygens (including phenoxy) is 1. The van der Waals surface area contributed by atoms with E-state index in [0.29, 0.717) is 18.9 Å². The molecule has 0 aliphatic rings. The van der Waals surface area contributed by atoms with Crippen molar-refractivity contribution in [1.29, 1.82) is 0 Å². The molecule has 5 nitrogen and oxygen atoms in total. The molecule has 1 atom stereocenters. The second-order valence-electron chi connectivity index (χ2n) is 4.16. The highest BCUT2D eigenvalue weighted by Crippen LogP contribution is 2.27. The van der Waals surface area contributed by atoms with Crippen LogP contribution in [0.3, 0.4) is 0 Å². The third-order valence-corrected chi connectivity index (χ3v) is 2.77. The number of nitrogens with zero attached hydrogens (tertiary/aromatic N) is 1. The number of hydrogen-bond acceptors (Lipinski definition) is 4. The number of carboxylic acid groups (broad SMARTS) is 1. The van der Waals surface area contributed by atoms with Gasteiger partial charge in [0.1, 0.15) is 6.04 Å². The van der Waals surface area contributed by atoms with E-state index in [1.54, 1.807) is 37.1 Å². The molecule has 0 fully saturated rings. The van der Waals surface area contributed by atoms with Gasteiger partial charge in [-0.1, -0.05) is 6.07 Å². The van der Waals surface area contributed by atoms with Crippen LogP contribution in [0.2, 0.25) is 0 Å². The number of phenolic OH excluding ortho intramolecular Hbond substituents is 1. The summed E-state index contributed by atoms with van der Waals surface area (Å²) in [7, 11) is 1.74. The van der Waals surface area contributed by atoms with Gasteiger partial charge in [-0.15, -0.1) is 0 Å². The lowest BCUT2D eigenvalue weighted by Crippen LogP contribution is -2.35. The van der Waals surface area contributed by atoms with Gasteiger partial charge in [-0.3, -0.25) is 9.69 Å². The molecule has 1 aromatic carbocycles. The third kappa shape index (κ3) is 3.63. The first-order chi connectivity index (χ1) is 8.45. The lowest BCUT2D eigenvalue weighted by atomic mass is 10.1. The molecule has 1 aromatic rings. The van der Waals surface area contributed by atoms with Gasteiger partial charge in [-0.05, 0) is 38.6 Å². The molecule has 0 bridgehead atoms. The molecule has 1 unspecified atom stereocenters. The molecule has 0 aromatic heterocycles. The van der Waals surface area contributed by atoms with E-state index in [4.69, 9.17) is 9.84 Å². The quantitative estimate of drug-likeness (QED) is 0.807. The smallest absolute Gasteiger partial charge is 0.320 e. The summed E-state index contributed by atoms with van der Waals surface area (Å²) in [5, 5.41) is 18.5. The van der Waals surface area contributed by atoms with Gasteiger partial charge in [-0.2, -0.15) is 0 Å². The van der Waals surface area contributed by atoms with Crippen molar-refractivity contribution >= 4 is 5.97 Å². The molecule has 0 aliphatic heterocycles. The Morgan fingerprint density at radius 3 is 2.72 bits per heavy atom. The van der Waals surface area contributed by atoms with Crippen molar-refractivity contribution in [3.8, 4) is 11.5 Å². The molecule has 5 heteroatoms. The van der Waals surface area contributed by atoms with E-state index in [2.05, 4.69) is 0 Å². The number of hydrogen-bond donors (Lipinski definition) is 2. The summed E-state index contributed by atoms with van der Waals surface area (Å²) in [6.45, 7) is 4.42. The van der Waals surface area contributed by atoms with Crippen molar-refractivity contribution < 1.29 is 19.7 Å². The topological polar surface area (TPSA) is 70.0 Å². The Kier molecular flexibility index (Phi) is 4.97. The highest BCUT2D eigenvalue weighted by Gasteiger charge is 2.17. The molecule has 0 saturated heterocycles. The van der Waals surface area contributed by atoms with E-state index < -0.39 is 12.0 Å². The van der Waals surface area contributed by atoms with E-state index in [-0.39, 0.29) is 5.75 Å². The minimum atomic E-state index is -0.860. The number of aromatic hydroxyl groups is 1. The third-order valence-electron chi connectivity index (χ3n) is 2.77. The Bertz CT molecular complexity index is 419. The van der Waals surface area contributed by atoms with Crippen molar-refractivity contribution in [2.24, 2.45) is 0 Å². The lowest BCUT2D eigenvalue weighted by molar-refractivity contribution is -0.142. The van der Waals surface area contributed by atoms with Crippen molar-refractivity contribution in [2.45, 2.75) is 26.4 Å². The van der Waals surface area contributed by atoms with Gasteiger partial charge in [0.15, 0.2) is 11.5 Å². The first-order valence-electron chi connectivity index (χ1n) is 5.83. The summed E-state index contributed by atoms with van der Waals surface area (Å²) in [5.41, 5.74) is 0.895. The van der Waals surface area contributed by atoms with E-state index in [0.717, 1.165) is 5.56 Å². The van der Waals surface area contributed by atoms with E-state index >= 15 is 0 Å². The Hall–Kier alpha value is -1.75. The predicted molar refractivity (Wildman–Crippen MR) is 67.8 cm³/mol. The van der Waals surface area contributed by atoms with Crippen LogP contribution < -0.4 is 4.74 Å². The minimum absolute atomic E-state index is 0.0922. The molecule has 0 aliphatic carbocycles. The zero-order valence-corrected chi connectivity index (χ0v) is 10.9. The van der Waals surface area contributed by atoms with Crippen LogP contribution in [0, 0.1) is 0 Å². The van der Waals surface area contributed by atoms with Crippen molar-refractivity contribution in [3.63, 3.8) is 0 Å². The number of likely N-dealkylation sites (N-methyl/N-ethyl adjacent to an activating group) is 1. The van der Waals surface area contributed by atoms with Crippen molar-refractivity contribution in [2.75, 3.05) is 13.7 Å². The van der Waals surface area contributed by atoms with Gasteiger partial charge in [0.05, 0.1) is 6.61 Å². The fourth-order valence-electron chi connectivity index (χ4n) is 1.54. The molecule has 1 rings (SSSR count). The second kappa shape index (κ2) is 6.26. The van der Waals surface area contributed by atoms with Gasteiger partial charge in [0.2, 0.25) is 0 Å². The van der Waals surface area contributed by atoms with Crippen molar-refractivity contribution in [3.05, 3.63) is 23.8 Å². The summed E-state index contributed by atoms with van der Waals surface area (Å²) in [4.78, 5) is 12.6. The van der Waals surface area contributed by atoms with Gasteiger partial charge >= 0.3 is 5.97 Å². The van der Waals surface area contributed by atoms with Crippen LogP contribution in [0.1, 0.15) is 19.4 Å². The number of carbonyl (C=O) groups is 1. The van der Waals surface area contributed by atoms with Crippen LogP contribution in [0.4, 0.5) is 0 Å². The predicted octanol–water partition coefficient (Wildman–Crippen LogP) is 1.70. The van der Waals surface area contributed by atoms with Crippen LogP contribution in [0.25, 0.3) is 0 Å². The molecule has 18 heavy (non-hydrogen) atoms. The average molecular weight is 253 g/mol. The second-order valence-corrected chi connectivity index (χ2v) is 4.16. The Balaban J connectivity index is 2.78. The number of rotatable bonds is 6. The fourth-order valence-corrected chi connectivity index (χ4v) is 1.54. The summed E-state index contributed by atoms with van der Waals surface area (Å²) in [5.74, 6) is -0.345. The van der Waals surface area contributed by atoms with Crippen LogP contribution >= 0.6 is 0 Å². The van der Waals surface area contributed by atoms with Gasteiger partial charge in [-0.25, -0.2) is 0 Å². The first-order valence-corrected chi connectivity index (χ1v) is 5.83. The molecular formula is C13H19NO4. The van der Waals surface area contributed by atoms with E-state index in [9.17, 15) is 9.90 Å². The number of phenols is 1. The molecule has 2 N–H and O–H groups in total. The SMILES string of the molecule is CCOc1cc(CN(C)C(C)C(=O)O)ccc1O. The lowest BCUT2D eigenvalue weighted by Gasteiger charge is -2.21. The summed E-state index contributed by atoms with van der Waals surface area (Å²) < 4.78 is 5.28. The maximum atomic E-state index is 10.8. The van der Waals surface area contributed by atoms with E-state index in [1.807, 2.05) is 6.92 Å². The van der Waals surface area contributed by atoms with Gasteiger partial charge < -0.3 is 14.9 Å². The molecule has 0 heterocycles. The van der Waals surface area contributed by atoms with Gasteiger partial charge in [0.25, 0.3) is 0 Å². The first kappa shape index (κ1) is 14.3. The number of aliphatic carboxylic acids is 1. The van der Waals surface area contributed by atoms with Gasteiger partial charge in [0, 0.05) is 6.54 Å². The fraction of sp³-hybridized carbons (Fsp3) is 0.462. The zero-order valence-electron chi connectivity index (χ0n) is 10.9. The zero-order chi connectivity index (χ0) is 13.7. The highest BCUT2D eigenvalue weighted by molar-refractivity contribution is 5.72. The van der Waals surface area contributed by atoms with Crippen LogP contribution in [-0.2, 0) is 11.3 Å². The minimum Gasteiger partial charge on any atom is -0.504 e. The number of benzene rings is 1. The molecule has 0 amide bonds. The molecule has 0 radical (unpaired) electrons. The summed E-state index contributed by atoms with van der Waals surface area (Å²) in [6.07, 6.45) is 0. The summed E-state index contributed by atoms with van der Waals surface area (Å²) >= 11 is 0. The normalized spacial score (nSPS) is 12.4. The Labute approximate surface area is 107 Å². The Morgan fingerprint density at radius 2 is 2.17 bits per heavy atom. The molecular weight excluding hydrogens is 234 g/mol. The number of carboxylic acids is 1. The largest absolute Gasteiger partial charge is 0.504 e. The molecule has 0 spiro atoms. The van der Waals surface area contributed by atoms with Crippen LogP contribution in [0.15, 0.2) is 18.2 Å².